The summed E-state index contributed by atoms with van der Waals surface area (Å²) in [4.78, 5) is 28.0. The van der Waals surface area contributed by atoms with Gasteiger partial charge >= 0.3 is 0 Å². The van der Waals surface area contributed by atoms with Gasteiger partial charge in [-0.15, -0.1) is 11.3 Å². The molecule has 1 fully saturated rings. The molecule has 2 amide bonds. The van der Waals surface area contributed by atoms with E-state index in [2.05, 4.69) is 29.0 Å². The Hall–Kier alpha value is -1.44. The van der Waals surface area contributed by atoms with Gasteiger partial charge in [-0.3, -0.25) is 14.5 Å². The predicted molar refractivity (Wildman–Crippen MR) is 89.2 cm³/mol. The number of thiophene rings is 1. The van der Waals surface area contributed by atoms with Crippen LogP contribution in [0.15, 0.2) is 11.4 Å². The van der Waals surface area contributed by atoms with Crippen LogP contribution in [0.25, 0.3) is 0 Å². The van der Waals surface area contributed by atoms with Gasteiger partial charge in [0.15, 0.2) is 0 Å². The monoisotopic (exact) mass is 324 g/mol. The summed E-state index contributed by atoms with van der Waals surface area (Å²) in [6.07, 6.45) is 0.428. The average Bonchev–Trinajstić information content (AvgIpc) is 2.94. The second-order valence-electron chi connectivity index (χ2n) is 5.80. The second kappa shape index (κ2) is 7.71. The number of hydrogen-bond donors (Lipinski definition) is 2. The third-order valence-electron chi connectivity index (χ3n) is 3.98. The molecule has 22 heavy (non-hydrogen) atoms. The number of amides is 2. The maximum Gasteiger partial charge on any atom is 0.251 e. The summed E-state index contributed by atoms with van der Waals surface area (Å²) in [5, 5.41) is 5.07. The molecule has 1 aromatic heterocycles. The van der Waals surface area contributed by atoms with E-state index in [0.717, 1.165) is 32.7 Å². The van der Waals surface area contributed by atoms with Crippen molar-refractivity contribution in [1.82, 2.24) is 9.80 Å². The van der Waals surface area contributed by atoms with Crippen LogP contribution in [-0.4, -0.2) is 60.4 Å². The average molecular weight is 324 g/mol. The smallest absolute Gasteiger partial charge is 0.251 e. The van der Waals surface area contributed by atoms with Crippen molar-refractivity contribution in [3.05, 3.63) is 17.0 Å². The maximum absolute atomic E-state index is 12.0. The van der Waals surface area contributed by atoms with E-state index in [1.165, 1.54) is 11.3 Å². The summed E-state index contributed by atoms with van der Waals surface area (Å²) in [5.41, 5.74) is 5.65. The molecule has 1 saturated heterocycles. The van der Waals surface area contributed by atoms with Crippen LogP contribution in [0.1, 0.15) is 30.6 Å². The van der Waals surface area contributed by atoms with Gasteiger partial charge in [-0.25, -0.2) is 0 Å². The van der Waals surface area contributed by atoms with Crippen LogP contribution in [0.3, 0.4) is 0 Å². The van der Waals surface area contributed by atoms with Gasteiger partial charge in [0.25, 0.3) is 5.91 Å². The summed E-state index contributed by atoms with van der Waals surface area (Å²) < 4.78 is 0. The van der Waals surface area contributed by atoms with Crippen LogP contribution >= 0.6 is 11.3 Å². The van der Waals surface area contributed by atoms with Gasteiger partial charge < -0.3 is 16.0 Å². The van der Waals surface area contributed by atoms with E-state index in [4.69, 9.17) is 5.73 Å². The molecule has 3 N–H and O–H groups in total. The third-order valence-corrected chi connectivity index (χ3v) is 4.81. The minimum Gasteiger partial charge on any atom is -0.366 e. The van der Waals surface area contributed by atoms with Gasteiger partial charge in [0.05, 0.1) is 5.56 Å². The number of carbonyl (C=O) groups excluding carboxylic acids is 2. The van der Waals surface area contributed by atoms with Crippen molar-refractivity contribution in [2.75, 3.05) is 38.0 Å². The van der Waals surface area contributed by atoms with Crippen molar-refractivity contribution in [2.45, 2.75) is 26.3 Å². The topological polar surface area (TPSA) is 78.7 Å². The number of hydrogen-bond acceptors (Lipinski definition) is 5. The molecule has 0 aliphatic carbocycles. The normalized spacial score (nSPS) is 16.9. The highest BCUT2D eigenvalue weighted by Crippen LogP contribution is 2.22. The molecular formula is C15H24N4O2S. The van der Waals surface area contributed by atoms with Gasteiger partial charge in [0.1, 0.15) is 5.00 Å². The van der Waals surface area contributed by atoms with E-state index >= 15 is 0 Å². The number of nitrogens with zero attached hydrogens (tertiary/aromatic N) is 2. The van der Waals surface area contributed by atoms with E-state index in [1.54, 1.807) is 11.4 Å². The van der Waals surface area contributed by atoms with Gasteiger partial charge in [0, 0.05) is 45.2 Å². The lowest BCUT2D eigenvalue weighted by Gasteiger charge is -2.36. The van der Waals surface area contributed by atoms with Crippen molar-refractivity contribution in [3.8, 4) is 0 Å². The molecule has 1 aromatic rings. The van der Waals surface area contributed by atoms with E-state index in [9.17, 15) is 9.59 Å². The van der Waals surface area contributed by atoms with Crippen LogP contribution in [0.5, 0.6) is 0 Å². The Kier molecular flexibility index (Phi) is 5.93. The highest BCUT2D eigenvalue weighted by Gasteiger charge is 2.19. The highest BCUT2D eigenvalue weighted by atomic mass is 32.1. The number of carbonyl (C=O) groups is 2. The van der Waals surface area contributed by atoms with Crippen LogP contribution in [0.2, 0.25) is 0 Å². The molecule has 1 aliphatic rings. The molecule has 2 heterocycles. The zero-order valence-corrected chi connectivity index (χ0v) is 14.0. The lowest BCUT2D eigenvalue weighted by molar-refractivity contribution is -0.116. The van der Waals surface area contributed by atoms with Gasteiger partial charge in [-0.2, -0.15) is 0 Å². The lowest BCUT2D eigenvalue weighted by Crippen LogP contribution is -2.49. The van der Waals surface area contributed by atoms with Gasteiger partial charge in [-0.05, 0) is 25.3 Å². The van der Waals surface area contributed by atoms with Crippen LogP contribution in [-0.2, 0) is 4.79 Å². The number of primary amides is 1. The summed E-state index contributed by atoms with van der Waals surface area (Å²) in [7, 11) is 0. The molecular weight excluding hydrogens is 300 g/mol. The van der Waals surface area contributed by atoms with Gasteiger partial charge in [0.2, 0.25) is 5.91 Å². The third kappa shape index (κ3) is 4.53. The molecule has 122 valence electrons. The zero-order valence-electron chi connectivity index (χ0n) is 13.2. The lowest BCUT2D eigenvalue weighted by atomic mass is 10.2. The molecule has 0 radical (unpaired) electrons. The standard InChI is InChI=1S/C15H24N4O2S/c1-11(2)19-8-6-18(7-9-19)5-3-13(20)17-15-12(14(16)21)4-10-22-15/h4,10-11H,3,5-9H2,1-2H3,(H2,16,21)(H,17,20). The van der Waals surface area contributed by atoms with E-state index in [-0.39, 0.29) is 5.91 Å². The Morgan fingerprint density at radius 3 is 2.59 bits per heavy atom. The molecule has 0 bridgehead atoms. The first-order valence-electron chi connectivity index (χ1n) is 7.61. The predicted octanol–water partition coefficient (Wildman–Crippen LogP) is 1.20. The minimum absolute atomic E-state index is 0.0729. The molecule has 0 aromatic carbocycles. The van der Waals surface area contributed by atoms with E-state index in [0.29, 0.717) is 23.0 Å². The molecule has 1 aliphatic heterocycles. The quantitative estimate of drug-likeness (QED) is 0.824. The summed E-state index contributed by atoms with van der Waals surface area (Å²) in [5.74, 6) is -0.586. The SMILES string of the molecule is CC(C)N1CCN(CCC(=O)Nc2sccc2C(N)=O)CC1. The molecule has 0 saturated carbocycles. The maximum atomic E-state index is 12.0. The second-order valence-corrected chi connectivity index (χ2v) is 6.71. The Labute approximate surface area is 135 Å². The highest BCUT2D eigenvalue weighted by molar-refractivity contribution is 7.14. The largest absolute Gasteiger partial charge is 0.366 e. The molecule has 6 nitrogen and oxygen atoms in total. The fraction of sp³-hybridized carbons (Fsp3) is 0.600. The van der Waals surface area contributed by atoms with Crippen molar-refractivity contribution >= 4 is 28.2 Å². The first kappa shape index (κ1) is 16.9. The Morgan fingerprint density at radius 2 is 2.00 bits per heavy atom. The molecule has 7 heteroatoms. The summed E-state index contributed by atoms with van der Waals surface area (Å²) >= 11 is 1.32. The Bertz CT molecular complexity index is 521. The zero-order chi connectivity index (χ0) is 16.1. The number of nitrogens with one attached hydrogen (secondary N) is 1. The van der Waals surface area contributed by atoms with Crippen molar-refractivity contribution in [2.24, 2.45) is 5.73 Å². The first-order valence-corrected chi connectivity index (χ1v) is 8.49. The van der Waals surface area contributed by atoms with Crippen LogP contribution in [0.4, 0.5) is 5.00 Å². The van der Waals surface area contributed by atoms with Crippen LogP contribution in [0, 0.1) is 0 Å². The molecule has 0 unspecified atom stereocenters. The van der Waals surface area contributed by atoms with E-state index in [1.807, 2.05) is 0 Å². The molecule has 0 atom stereocenters. The van der Waals surface area contributed by atoms with Crippen molar-refractivity contribution < 1.29 is 9.59 Å². The summed E-state index contributed by atoms with van der Waals surface area (Å²) in [6, 6.07) is 2.21. The van der Waals surface area contributed by atoms with Crippen LogP contribution < -0.4 is 11.1 Å². The fourth-order valence-electron chi connectivity index (χ4n) is 2.55. The number of anilines is 1. The number of rotatable bonds is 6. The Balaban J connectivity index is 1.74. The number of piperazine rings is 1. The molecule has 2 rings (SSSR count). The number of nitrogens with two attached hydrogens (primary N) is 1. The minimum atomic E-state index is -0.513. The first-order chi connectivity index (χ1) is 10.5. The van der Waals surface area contributed by atoms with Gasteiger partial charge in [-0.1, -0.05) is 0 Å². The van der Waals surface area contributed by atoms with Crippen molar-refractivity contribution in [3.63, 3.8) is 0 Å². The van der Waals surface area contributed by atoms with Crippen molar-refractivity contribution in [1.29, 1.82) is 0 Å². The van der Waals surface area contributed by atoms with E-state index < -0.39 is 5.91 Å². The Morgan fingerprint density at radius 1 is 1.32 bits per heavy atom. The fourth-order valence-corrected chi connectivity index (χ4v) is 3.36. The molecule has 0 spiro atoms. The summed E-state index contributed by atoms with van der Waals surface area (Å²) in [6.45, 7) is 9.26.